The first kappa shape index (κ1) is 17.7. The summed E-state index contributed by atoms with van der Waals surface area (Å²) in [5.74, 6) is 0.363. The molecule has 0 spiro atoms. The third kappa shape index (κ3) is 4.91. The smallest absolute Gasteiger partial charge is 0.349 e. The van der Waals surface area contributed by atoms with Crippen LogP contribution in [0.15, 0.2) is 42.6 Å². The molecule has 2 atom stereocenters. The molecule has 4 N–H and O–H groups in total. The predicted octanol–water partition coefficient (Wildman–Crippen LogP) is 3.01. The molecule has 1 fully saturated rings. The van der Waals surface area contributed by atoms with Crippen LogP contribution in [0.3, 0.4) is 0 Å². The highest BCUT2D eigenvalue weighted by molar-refractivity contribution is 5.56. The van der Waals surface area contributed by atoms with Crippen molar-refractivity contribution in [2.75, 3.05) is 11.9 Å². The lowest BCUT2D eigenvalue weighted by atomic mass is 10.1. The fraction of sp³-hybridized carbons (Fsp3) is 0.353. The molecule has 1 aliphatic heterocycles. The van der Waals surface area contributed by atoms with Crippen LogP contribution in [0.5, 0.6) is 0 Å². The van der Waals surface area contributed by atoms with Crippen molar-refractivity contribution in [2.24, 2.45) is 5.73 Å². The monoisotopic (exact) mass is 352 g/mol. The zero-order chi connectivity index (χ0) is 17.9. The van der Waals surface area contributed by atoms with Gasteiger partial charge in [0.05, 0.1) is 12.2 Å². The van der Waals surface area contributed by atoms with Gasteiger partial charge in [0.1, 0.15) is 5.82 Å². The van der Waals surface area contributed by atoms with Crippen LogP contribution in [0.2, 0.25) is 0 Å². The lowest BCUT2D eigenvalue weighted by molar-refractivity contribution is -0.137. The quantitative estimate of drug-likeness (QED) is 0.772. The Morgan fingerprint density at radius 1 is 1.20 bits per heavy atom. The molecular formula is C17H19F3N4O. The summed E-state index contributed by atoms with van der Waals surface area (Å²) in [5.41, 5.74) is 6.77. The number of benzene rings is 1. The Morgan fingerprint density at radius 2 is 1.96 bits per heavy atom. The Balaban J connectivity index is 1.53. The van der Waals surface area contributed by atoms with Crippen molar-refractivity contribution in [1.82, 2.24) is 10.3 Å². The normalized spacial score (nSPS) is 20.6. The highest BCUT2D eigenvalue weighted by atomic mass is 19.4. The van der Waals surface area contributed by atoms with Crippen molar-refractivity contribution in [3.63, 3.8) is 0 Å². The van der Waals surface area contributed by atoms with Crippen molar-refractivity contribution in [1.29, 1.82) is 0 Å². The van der Waals surface area contributed by atoms with Gasteiger partial charge in [-0.05, 0) is 42.7 Å². The van der Waals surface area contributed by atoms with Crippen LogP contribution in [-0.4, -0.2) is 24.0 Å². The molecule has 0 amide bonds. The van der Waals surface area contributed by atoms with Gasteiger partial charge in [0.25, 0.3) is 0 Å². The summed E-state index contributed by atoms with van der Waals surface area (Å²) in [6.45, 7) is 0.612. The zero-order valence-corrected chi connectivity index (χ0v) is 13.4. The number of hydrogen-bond donors (Lipinski definition) is 3. The topological polar surface area (TPSA) is 72.2 Å². The summed E-state index contributed by atoms with van der Waals surface area (Å²) in [6, 6.07) is 10.3. The molecule has 3 rings (SSSR count). The lowest BCUT2D eigenvalue weighted by Crippen LogP contribution is -2.36. The van der Waals surface area contributed by atoms with E-state index in [1.54, 1.807) is 0 Å². The van der Waals surface area contributed by atoms with Gasteiger partial charge in [-0.1, -0.05) is 12.1 Å². The molecule has 2 aromatic rings. The number of aromatic nitrogens is 1. The highest BCUT2D eigenvalue weighted by Crippen LogP contribution is 2.29. The fourth-order valence-corrected chi connectivity index (χ4v) is 2.59. The second kappa shape index (κ2) is 7.38. The molecule has 1 aliphatic rings. The number of nitrogens with one attached hydrogen (secondary N) is 2. The van der Waals surface area contributed by atoms with Crippen LogP contribution >= 0.6 is 0 Å². The van der Waals surface area contributed by atoms with E-state index in [1.807, 2.05) is 24.3 Å². The van der Waals surface area contributed by atoms with Gasteiger partial charge in [-0.15, -0.1) is 0 Å². The number of nitrogens with zero attached hydrogens (tertiary/aromatic N) is 1. The number of anilines is 2. The Morgan fingerprint density at radius 3 is 2.52 bits per heavy atom. The fourth-order valence-electron chi connectivity index (χ4n) is 2.59. The van der Waals surface area contributed by atoms with Gasteiger partial charge in [-0.3, -0.25) is 11.1 Å². The molecule has 1 aromatic heterocycles. The number of nitrogens with two attached hydrogens (primary N) is 1. The minimum Gasteiger partial charge on any atom is -0.349 e. The molecule has 25 heavy (non-hydrogen) atoms. The summed E-state index contributed by atoms with van der Waals surface area (Å²) < 4.78 is 42.8. The molecule has 0 saturated carbocycles. The van der Waals surface area contributed by atoms with Gasteiger partial charge in [-0.2, -0.15) is 13.2 Å². The second-order valence-corrected chi connectivity index (χ2v) is 5.91. The maximum Gasteiger partial charge on any atom is 0.417 e. The molecule has 8 heteroatoms. The highest BCUT2D eigenvalue weighted by Gasteiger charge is 2.30. The maximum atomic E-state index is 12.5. The largest absolute Gasteiger partial charge is 0.417 e. The predicted molar refractivity (Wildman–Crippen MR) is 88.1 cm³/mol. The van der Waals surface area contributed by atoms with Crippen LogP contribution < -0.4 is 16.4 Å². The summed E-state index contributed by atoms with van der Waals surface area (Å²) in [6.07, 6.45) is -2.14. The van der Waals surface area contributed by atoms with E-state index in [4.69, 9.17) is 10.5 Å². The van der Waals surface area contributed by atoms with Crippen LogP contribution in [0, 0.1) is 0 Å². The van der Waals surface area contributed by atoms with Gasteiger partial charge >= 0.3 is 6.18 Å². The molecule has 1 unspecified atom stereocenters. The number of halogens is 3. The first-order valence-corrected chi connectivity index (χ1v) is 7.92. The molecule has 5 nitrogen and oxygen atoms in total. The summed E-state index contributed by atoms with van der Waals surface area (Å²) in [4.78, 5) is 3.79. The molecule has 1 aromatic carbocycles. The van der Waals surface area contributed by atoms with Crippen molar-refractivity contribution in [3.05, 3.63) is 53.7 Å². The Bertz CT molecular complexity index is 689. The third-order valence-electron chi connectivity index (χ3n) is 3.98. The number of aryl methyl sites for hydroxylation is 1. The van der Waals surface area contributed by atoms with Crippen LogP contribution in [0.25, 0.3) is 0 Å². The van der Waals surface area contributed by atoms with E-state index < -0.39 is 11.7 Å². The van der Waals surface area contributed by atoms with Crippen molar-refractivity contribution < 1.29 is 17.9 Å². The van der Waals surface area contributed by atoms with Gasteiger partial charge in [0.15, 0.2) is 6.35 Å². The second-order valence-electron chi connectivity index (χ2n) is 5.91. The zero-order valence-electron chi connectivity index (χ0n) is 13.4. The van der Waals surface area contributed by atoms with E-state index in [9.17, 15) is 13.2 Å². The van der Waals surface area contributed by atoms with Crippen molar-refractivity contribution in [2.45, 2.75) is 31.4 Å². The molecule has 0 radical (unpaired) electrons. The first-order valence-electron chi connectivity index (χ1n) is 7.92. The average molecular weight is 352 g/mol. The molecule has 0 aliphatic carbocycles. The van der Waals surface area contributed by atoms with E-state index in [2.05, 4.69) is 15.6 Å². The number of ether oxygens (including phenoxy) is 1. The Kier molecular flexibility index (Phi) is 5.22. The number of hydrogen-bond acceptors (Lipinski definition) is 5. The number of rotatable bonds is 5. The van der Waals surface area contributed by atoms with E-state index in [-0.39, 0.29) is 12.4 Å². The number of pyridine rings is 1. The molecule has 1 saturated heterocycles. The lowest BCUT2D eigenvalue weighted by Gasteiger charge is -2.11. The Hall–Kier alpha value is -2.16. The summed E-state index contributed by atoms with van der Waals surface area (Å²) in [7, 11) is 0. The van der Waals surface area contributed by atoms with E-state index in [0.717, 1.165) is 36.4 Å². The van der Waals surface area contributed by atoms with Gasteiger partial charge < -0.3 is 10.1 Å². The van der Waals surface area contributed by atoms with Gasteiger partial charge in [-0.25, -0.2) is 4.98 Å². The Labute approximate surface area is 143 Å². The molecule has 0 bridgehead atoms. The third-order valence-corrected chi connectivity index (χ3v) is 3.98. The minimum atomic E-state index is -4.38. The molecule has 134 valence electrons. The first-order chi connectivity index (χ1) is 11.9. The van der Waals surface area contributed by atoms with Crippen molar-refractivity contribution >= 4 is 11.5 Å². The van der Waals surface area contributed by atoms with E-state index in [0.29, 0.717) is 12.4 Å². The van der Waals surface area contributed by atoms with Gasteiger partial charge in [0, 0.05) is 17.9 Å². The standard InChI is InChI=1S/C17H19F3N4O/c18-17(19,20)12-4-8-15(22-9-12)23-13-5-1-11(2-6-13)3-7-14-10-25-16(21)24-14/h1-2,4-6,8-9,14,16,24H,3,7,10,21H2,(H,22,23)/t14-,16?/m0/s1. The summed E-state index contributed by atoms with van der Waals surface area (Å²) >= 11 is 0. The van der Waals surface area contributed by atoms with Crippen LogP contribution in [0.1, 0.15) is 17.5 Å². The van der Waals surface area contributed by atoms with E-state index in [1.165, 1.54) is 6.07 Å². The minimum absolute atomic E-state index is 0.254. The molecular weight excluding hydrogens is 333 g/mol. The SMILES string of the molecule is NC1N[C@@H](CCc2ccc(Nc3ccc(C(F)(F)F)cn3)cc2)CO1. The van der Waals surface area contributed by atoms with Gasteiger partial charge in [0.2, 0.25) is 0 Å². The molecule has 2 heterocycles. The maximum absolute atomic E-state index is 12.5. The average Bonchev–Trinajstić information content (AvgIpc) is 2.99. The van der Waals surface area contributed by atoms with Crippen LogP contribution in [-0.2, 0) is 17.3 Å². The number of alkyl halides is 3. The van der Waals surface area contributed by atoms with Crippen LogP contribution in [0.4, 0.5) is 24.7 Å². The van der Waals surface area contributed by atoms with Crippen molar-refractivity contribution in [3.8, 4) is 0 Å². The van der Waals surface area contributed by atoms with E-state index >= 15 is 0 Å². The summed E-state index contributed by atoms with van der Waals surface area (Å²) in [5, 5.41) is 6.12.